The Hall–Kier alpha value is -1.75. The second-order valence-corrected chi connectivity index (χ2v) is 7.19. The topological polar surface area (TPSA) is 66.8 Å². The van der Waals surface area contributed by atoms with Gasteiger partial charge in [-0.05, 0) is 51.3 Å². The number of halogens is 1. The molecular formula is C17H22ClNO4. The van der Waals surface area contributed by atoms with Crippen LogP contribution in [0, 0.1) is 0 Å². The molecule has 2 atom stereocenters. The lowest BCUT2D eigenvalue weighted by Gasteiger charge is -2.39. The van der Waals surface area contributed by atoms with Crippen LogP contribution in [0.3, 0.4) is 0 Å². The third kappa shape index (κ3) is 4.38. The minimum atomic E-state index is -1.02. The second-order valence-electron chi connectivity index (χ2n) is 6.76. The van der Waals surface area contributed by atoms with Crippen LogP contribution in [0.5, 0.6) is 0 Å². The van der Waals surface area contributed by atoms with Crippen molar-refractivity contribution in [3.63, 3.8) is 0 Å². The van der Waals surface area contributed by atoms with Crippen molar-refractivity contribution >= 4 is 23.7 Å². The highest BCUT2D eigenvalue weighted by Crippen LogP contribution is 2.34. The average molecular weight is 340 g/mol. The predicted octanol–water partition coefficient (Wildman–Crippen LogP) is 3.91. The summed E-state index contributed by atoms with van der Waals surface area (Å²) in [5.74, 6) is -1.29. The number of carboxylic acids is 1. The van der Waals surface area contributed by atoms with Crippen LogP contribution in [0.15, 0.2) is 24.3 Å². The molecule has 0 saturated carbocycles. The van der Waals surface area contributed by atoms with Gasteiger partial charge in [-0.3, -0.25) is 4.90 Å². The smallest absolute Gasteiger partial charge is 0.411 e. The standard InChI is InChI=1S/C17H22ClNO4/c1-17(2,3)23-16(22)19-10-4-5-13(14(19)15(20)21)11-6-8-12(18)9-7-11/h6-9,13-14H,4-5,10H2,1-3H3,(H,20,21)/t13-,14+/m1/s1. The lowest BCUT2D eigenvalue weighted by atomic mass is 9.83. The zero-order valence-corrected chi connectivity index (χ0v) is 14.3. The number of aliphatic carboxylic acids is 1. The number of carbonyl (C=O) groups excluding carboxylic acids is 1. The average Bonchev–Trinajstić information content (AvgIpc) is 2.45. The highest BCUT2D eigenvalue weighted by Gasteiger charge is 2.41. The molecule has 0 radical (unpaired) electrons. The number of hydrogen-bond donors (Lipinski definition) is 1. The summed E-state index contributed by atoms with van der Waals surface area (Å²) in [7, 11) is 0. The molecule has 1 saturated heterocycles. The van der Waals surface area contributed by atoms with Gasteiger partial charge in [0.05, 0.1) is 0 Å². The molecule has 6 heteroatoms. The molecule has 1 heterocycles. The van der Waals surface area contributed by atoms with Crippen molar-refractivity contribution in [1.29, 1.82) is 0 Å². The molecule has 1 aliphatic rings. The largest absolute Gasteiger partial charge is 0.480 e. The van der Waals surface area contributed by atoms with E-state index in [4.69, 9.17) is 16.3 Å². The van der Waals surface area contributed by atoms with Gasteiger partial charge in [-0.2, -0.15) is 0 Å². The molecule has 5 nitrogen and oxygen atoms in total. The minimum Gasteiger partial charge on any atom is -0.480 e. The summed E-state index contributed by atoms with van der Waals surface area (Å²) in [6, 6.07) is 6.19. The van der Waals surface area contributed by atoms with Crippen LogP contribution in [-0.4, -0.2) is 40.3 Å². The van der Waals surface area contributed by atoms with Crippen LogP contribution in [-0.2, 0) is 9.53 Å². The summed E-state index contributed by atoms with van der Waals surface area (Å²) in [5, 5.41) is 10.3. The molecule has 126 valence electrons. The van der Waals surface area contributed by atoms with E-state index in [1.165, 1.54) is 4.90 Å². The number of ether oxygens (including phenoxy) is 1. The number of rotatable bonds is 2. The van der Waals surface area contributed by atoms with E-state index in [0.29, 0.717) is 18.0 Å². The van der Waals surface area contributed by atoms with Crippen molar-refractivity contribution in [2.45, 2.75) is 51.2 Å². The van der Waals surface area contributed by atoms with Gasteiger partial charge in [0.15, 0.2) is 0 Å². The molecule has 1 aromatic carbocycles. The van der Waals surface area contributed by atoms with Crippen molar-refractivity contribution < 1.29 is 19.4 Å². The van der Waals surface area contributed by atoms with Crippen LogP contribution in [0.25, 0.3) is 0 Å². The maximum atomic E-state index is 12.4. The second kappa shape index (κ2) is 6.79. The number of piperidine rings is 1. The number of nitrogens with zero attached hydrogens (tertiary/aromatic N) is 1. The Morgan fingerprint density at radius 3 is 2.39 bits per heavy atom. The Labute approximate surface area is 141 Å². The van der Waals surface area contributed by atoms with Crippen molar-refractivity contribution in [2.75, 3.05) is 6.54 Å². The first-order valence-electron chi connectivity index (χ1n) is 7.67. The van der Waals surface area contributed by atoms with Gasteiger partial charge in [-0.25, -0.2) is 9.59 Å². The SMILES string of the molecule is CC(C)(C)OC(=O)N1CCC[C@H](c2ccc(Cl)cc2)[C@H]1C(=O)O. The lowest BCUT2D eigenvalue weighted by Crippen LogP contribution is -2.53. The summed E-state index contributed by atoms with van der Waals surface area (Å²) in [6.45, 7) is 5.68. The minimum absolute atomic E-state index is 0.272. The fourth-order valence-corrected chi connectivity index (χ4v) is 3.01. The Morgan fingerprint density at radius 1 is 1.26 bits per heavy atom. The van der Waals surface area contributed by atoms with Gasteiger partial charge < -0.3 is 9.84 Å². The van der Waals surface area contributed by atoms with E-state index in [1.54, 1.807) is 32.9 Å². The van der Waals surface area contributed by atoms with Crippen LogP contribution in [0.2, 0.25) is 5.02 Å². The van der Waals surface area contributed by atoms with Crippen LogP contribution < -0.4 is 0 Å². The number of amides is 1. The number of likely N-dealkylation sites (tertiary alicyclic amines) is 1. The van der Waals surface area contributed by atoms with E-state index in [1.807, 2.05) is 12.1 Å². The van der Waals surface area contributed by atoms with Gasteiger partial charge in [-0.1, -0.05) is 23.7 Å². The van der Waals surface area contributed by atoms with Gasteiger partial charge in [0, 0.05) is 17.5 Å². The summed E-state index contributed by atoms with van der Waals surface area (Å²) in [4.78, 5) is 25.5. The van der Waals surface area contributed by atoms with E-state index in [9.17, 15) is 14.7 Å². The highest BCUT2D eigenvalue weighted by molar-refractivity contribution is 6.30. The molecular weight excluding hydrogens is 318 g/mol. The van der Waals surface area contributed by atoms with E-state index in [2.05, 4.69) is 0 Å². The highest BCUT2D eigenvalue weighted by atomic mass is 35.5. The number of carboxylic acid groups (broad SMARTS) is 1. The number of carbonyl (C=O) groups is 2. The zero-order chi connectivity index (χ0) is 17.2. The van der Waals surface area contributed by atoms with Crippen molar-refractivity contribution in [3.8, 4) is 0 Å². The maximum absolute atomic E-state index is 12.4. The molecule has 0 aromatic heterocycles. The van der Waals surface area contributed by atoms with E-state index in [0.717, 1.165) is 12.0 Å². The van der Waals surface area contributed by atoms with E-state index < -0.39 is 23.7 Å². The van der Waals surface area contributed by atoms with Crippen LogP contribution >= 0.6 is 11.6 Å². The summed E-state index contributed by atoms with van der Waals surface area (Å²) in [6.07, 6.45) is 0.859. The first kappa shape index (κ1) is 17.6. The van der Waals surface area contributed by atoms with Crippen LogP contribution in [0.1, 0.15) is 45.1 Å². The maximum Gasteiger partial charge on any atom is 0.411 e. The first-order chi connectivity index (χ1) is 10.7. The Kier molecular flexibility index (Phi) is 5.19. The number of benzene rings is 1. The van der Waals surface area contributed by atoms with E-state index >= 15 is 0 Å². The Balaban J connectivity index is 2.28. The van der Waals surface area contributed by atoms with E-state index in [-0.39, 0.29) is 5.92 Å². The van der Waals surface area contributed by atoms with Crippen molar-refractivity contribution in [2.24, 2.45) is 0 Å². The molecule has 2 rings (SSSR count). The number of hydrogen-bond acceptors (Lipinski definition) is 3. The Bertz CT molecular complexity index is 579. The quantitative estimate of drug-likeness (QED) is 0.887. The normalized spacial score (nSPS) is 21.8. The van der Waals surface area contributed by atoms with Gasteiger partial charge in [0.25, 0.3) is 0 Å². The third-order valence-electron chi connectivity index (χ3n) is 3.81. The monoisotopic (exact) mass is 339 g/mol. The van der Waals surface area contributed by atoms with Crippen LogP contribution in [0.4, 0.5) is 4.79 Å². The van der Waals surface area contributed by atoms with Gasteiger partial charge in [0.1, 0.15) is 11.6 Å². The molecule has 0 aliphatic carbocycles. The van der Waals surface area contributed by atoms with Gasteiger partial charge in [-0.15, -0.1) is 0 Å². The molecule has 23 heavy (non-hydrogen) atoms. The van der Waals surface area contributed by atoms with Gasteiger partial charge in [0.2, 0.25) is 0 Å². The molecule has 0 unspecified atom stereocenters. The Morgan fingerprint density at radius 2 is 1.87 bits per heavy atom. The molecule has 1 N–H and O–H groups in total. The molecule has 1 aromatic rings. The zero-order valence-electron chi connectivity index (χ0n) is 13.6. The third-order valence-corrected chi connectivity index (χ3v) is 4.06. The fourth-order valence-electron chi connectivity index (χ4n) is 2.89. The van der Waals surface area contributed by atoms with Gasteiger partial charge >= 0.3 is 12.1 Å². The first-order valence-corrected chi connectivity index (χ1v) is 8.05. The van der Waals surface area contributed by atoms with Crippen molar-refractivity contribution in [1.82, 2.24) is 4.90 Å². The molecule has 1 aliphatic heterocycles. The predicted molar refractivity (Wildman–Crippen MR) is 87.8 cm³/mol. The summed E-state index contributed by atoms with van der Waals surface area (Å²) in [5.41, 5.74) is 0.211. The van der Waals surface area contributed by atoms with Crippen molar-refractivity contribution in [3.05, 3.63) is 34.9 Å². The summed E-state index contributed by atoms with van der Waals surface area (Å²) >= 11 is 5.90. The summed E-state index contributed by atoms with van der Waals surface area (Å²) < 4.78 is 5.36. The lowest BCUT2D eigenvalue weighted by molar-refractivity contribution is -0.145. The molecule has 1 amide bonds. The molecule has 1 fully saturated rings. The fraction of sp³-hybridized carbons (Fsp3) is 0.529. The molecule has 0 bridgehead atoms. The molecule has 0 spiro atoms.